The molecule has 3 N–H and O–H groups in total. The smallest absolute Gasteiger partial charge is 0.250 e. The van der Waals surface area contributed by atoms with Gasteiger partial charge in [0, 0.05) is 17.6 Å². The minimum absolute atomic E-state index is 0.190. The highest BCUT2D eigenvalue weighted by Gasteiger charge is 2.36. The van der Waals surface area contributed by atoms with Crippen LogP contribution in [0.2, 0.25) is 0 Å². The molecule has 0 unspecified atom stereocenters. The van der Waals surface area contributed by atoms with Crippen molar-refractivity contribution in [2.45, 2.75) is 36.8 Å². The number of anilines is 1. The van der Waals surface area contributed by atoms with E-state index in [1.165, 1.54) is 12.5 Å². The first kappa shape index (κ1) is 12.9. The molecule has 1 fully saturated rings. The molecule has 96 valence electrons. The Kier molecular flexibility index (Phi) is 3.47. The number of thiophene rings is 1. The SMILES string of the molecule is CCC1(CNS(=O)(=O)c2cc(N)cs2)CCC1. The van der Waals surface area contributed by atoms with Gasteiger partial charge in [-0.3, -0.25) is 0 Å². The molecule has 4 nitrogen and oxygen atoms in total. The Bertz CT molecular complexity index is 484. The summed E-state index contributed by atoms with van der Waals surface area (Å²) in [5, 5.41) is 1.65. The van der Waals surface area contributed by atoms with E-state index in [0.717, 1.165) is 30.6 Å². The van der Waals surface area contributed by atoms with Crippen LogP contribution in [0.4, 0.5) is 5.69 Å². The van der Waals surface area contributed by atoms with Crippen LogP contribution >= 0.6 is 11.3 Å². The highest BCUT2D eigenvalue weighted by atomic mass is 32.2. The van der Waals surface area contributed by atoms with Crippen LogP contribution < -0.4 is 10.5 Å². The van der Waals surface area contributed by atoms with Gasteiger partial charge in [0.2, 0.25) is 10.0 Å². The summed E-state index contributed by atoms with van der Waals surface area (Å²) >= 11 is 1.16. The Morgan fingerprint density at radius 1 is 1.53 bits per heavy atom. The molecule has 1 saturated carbocycles. The molecule has 0 bridgehead atoms. The van der Waals surface area contributed by atoms with Crippen LogP contribution in [0.25, 0.3) is 0 Å². The van der Waals surface area contributed by atoms with E-state index in [0.29, 0.717) is 16.4 Å². The minimum Gasteiger partial charge on any atom is -0.398 e. The van der Waals surface area contributed by atoms with Crippen molar-refractivity contribution in [1.82, 2.24) is 4.72 Å². The zero-order valence-electron chi connectivity index (χ0n) is 9.90. The van der Waals surface area contributed by atoms with Crippen LogP contribution in [-0.2, 0) is 10.0 Å². The standard InChI is InChI=1S/C11H18N2O2S2/c1-2-11(4-3-5-11)8-13-17(14,15)10-6-9(12)7-16-10/h6-7,13H,2-5,8,12H2,1H3. The molecule has 17 heavy (non-hydrogen) atoms. The summed E-state index contributed by atoms with van der Waals surface area (Å²) in [6.45, 7) is 2.67. The number of rotatable bonds is 5. The van der Waals surface area contributed by atoms with Crippen molar-refractivity contribution in [2.24, 2.45) is 5.41 Å². The molecule has 0 saturated heterocycles. The average Bonchev–Trinajstić information content (AvgIpc) is 2.64. The molecular weight excluding hydrogens is 256 g/mol. The van der Waals surface area contributed by atoms with Gasteiger partial charge in [-0.15, -0.1) is 11.3 Å². The highest BCUT2D eigenvalue weighted by Crippen LogP contribution is 2.43. The van der Waals surface area contributed by atoms with Crippen molar-refractivity contribution in [1.29, 1.82) is 0 Å². The van der Waals surface area contributed by atoms with Gasteiger partial charge in [-0.1, -0.05) is 13.3 Å². The van der Waals surface area contributed by atoms with Crippen LogP contribution in [0.1, 0.15) is 32.6 Å². The largest absolute Gasteiger partial charge is 0.398 e. The highest BCUT2D eigenvalue weighted by molar-refractivity contribution is 7.91. The van der Waals surface area contributed by atoms with E-state index in [4.69, 9.17) is 5.73 Å². The van der Waals surface area contributed by atoms with Gasteiger partial charge in [0.1, 0.15) is 4.21 Å². The second-order valence-corrected chi connectivity index (χ2v) is 7.64. The maximum Gasteiger partial charge on any atom is 0.250 e. The van der Waals surface area contributed by atoms with E-state index in [1.807, 2.05) is 0 Å². The van der Waals surface area contributed by atoms with E-state index in [-0.39, 0.29) is 5.41 Å². The number of hydrogen-bond acceptors (Lipinski definition) is 4. The Hall–Kier alpha value is -0.590. The van der Waals surface area contributed by atoms with Gasteiger partial charge in [-0.2, -0.15) is 0 Å². The van der Waals surface area contributed by atoms with Gasteiger partial charge in [0.05, 0.1) is 0 Å². The molecular formula is C11H18N2O2S2. The number of nitrogens with one attached hydrogen (secondary N) is 1. The average molecular weight is 274 g/mol. The molecule has 0 aromatic carbocycles. The van der Waals surface area contributed by atoms with E-state index in [2.05, 4.69) is 11.6 Å². The predicted octanol–water partition coefficient (Wildman–Crippen LogP) is 2.19. The number of hydrogen-bond donors (Lipinski definition) is 2. The van der Waals surface area contributed by atoms with Gasteiger partial charge in [-0.25, -0.2) is 13.1 Å². The van der Waals surface area contributed by atoms with Gasteiger partial charge in [-0.05, 0) is 30.7 Å². The van der Waals surface area contributed by atoms with E-state index < -0.39 is 10.0 Å². The maximum absolute atomic E-state index is 12.0. The first-order chi connectivity index (χ1) is 7.97. The van der Waals surface area contributed by atoms with Gasteiger partial charge in [0.25, 0.3) is 0 Å². The molecule has 0 amide bonds. The molecule has 6 heteroatoms. The first-order valence-electron chi connectivity index (χ1n) is 5.81. The van der Waals surface area contributed by atoms with Gasteiger partial charge in [0.15, 0.2) is 0 Å². The second kappa shape index (κ2) is 4.59. The van der Waals surface area contributed by atoms with Crippen LogP contribution in [0.5, 0.6) is 0 Å². The molecule has 0 spiro atoms. The normalized spacial score (nSPS) is 18.9. The summed E-state index contributed by atoms with van der Waals surface area (Å²) in [6, 6.07) is 1.51. The molecule has 0 radical (unpaired) electrons. The quantitative estimate of drug-likeness (QED) is 0.864. The van der Waals surface area contributed by atoms with E-state index in [1.54, 1.807) is 5.38 Å². The van der Waals surface area contributed by atoms with Crippen molar-refractivity contribution >= 4 is 27.0 Å². The molecule has 0 atom stereocenters. The Labute approximate surface area is 106 Å². The lowest BCUT2D eigenvalue weighted by atomic mass is 9.67. The zero-order valence-corrected chi connectivity index (χ0v) is 11.5. The lowest BCUT2D eigenvalue weighted by Gasteiger charge is -2.41. The number of nitrogens with two attached hydrogens (primary N) is 1. The third-order valence-corrected chi connectivity index (χ3v) is 6.52. The number of sulfonamides is 1. The molecule has 2 rings (SSSR count). The third-order valence-electron chi connectivity index (χ3n) is 3.66. The fourth-order valence-electron chi connectivity index (χ4n) is 2.12. The fourth-order valence-corrected chi connectivity index (χ4v) is 4.40. The first-order valence-corrected chi connectivity index (χ1v) is 8.17. The predicted molar refractivity (Wildman–Crippen MR) is 70.5 cm³/mol. The summed E-state index contributed by atoms with van der Waals surface area (Å²) in [6.07, 6.45) is 4.49. The summed E-state index contributed by atoms with van der Waals surface area (Å²) in [5.41, 5.74) is 6.23. The Morgan fingerprint density at radius 2 is 2.24 bits per heavy atom. The van der Waals surface area contributed by atoms with Crippen molar-refractivity contribution in [3.05, 3.63) is 11.4 Å². The van der Waals surface area contributed by atoms with Crippen molar-refractivity contribution in [3.8, 4) is 0 Å². The third kappa shape index (κ3) is 2.64. The summed E-state index contributed by atoms with van der Waals surface area (Å²) in [4.78, 5) is 0. The lowest BCUT2D eigenvalue weighted by molar-refractivity contribution is 0.133. The topological polar surface area (TPSA) is 72.2 Å². The van der Waals surface area contributed by atoms with Crippen molar-refractivity contribution in [2.75, 3.05) is 12.3 Å². The minimum atomic E-state index is -3.37. The molecule has 1 aliphatic rings. The Morgan fingerprint density at radius 3 is 2.65 bits per heavy atom. The lowest BCUT2D eigenvalue weighted by Crippen LogP contribution is -2.41. The molecule has 1 aliphatic carbocycles. The number of nitrogen functional groups attached to an aromatic ring is 1. The summed E-state index contributed by atoms with van der Waals surface area (Å²) in [5.74, 6) is 0. The summed E-state index contributed by atoms with van der Waals surface area (Å²) in [7, 11) is -3.37. The van der Waals surface area contributed by atoms with Crippen LogP contribution in [0.15, 0.2) is 15.7 Å². The van der Waals surface area contributed by atoms with Crippen LogP contribution in [0.3, 0.4) is 0 Å². The van der Waals surface area contributed by atoms with E-state index in [9.17, 15) is 8.42 Å². The van der Waals surface area contributed by atoms with Gasteiger partial charge >= 0.3 is 0 Å². The maximum atomic E-state index is 12.0. The molecule has 1 heterocycles. The second-order valence-electron chi connectivity index (χ2n) is 4.73. The monoisotopic (exact) mass is 274 g/mol. The van der Waals surface area contributed by atoms with Crippen molar-refractivity contribution in [3.63, 3.8) is 0 Å². The van der Waals surface area contributed by atoms with Crippen LogP contribution in [-0.4, -0.2) is 15.0 Å². The molecule has 1 aromatic rings. The van der Waals surface area contributed by atoms with E-state index >= 15 is 0 Å². The Balaban J connectivity index is 2.03. The molecule has 1 aromatic heterocycles. The van der Waals surface area contributed by atoms with Crippen LogP contribution in [0, 0.1) is 5.41 Å². The van der Waals surface area contributed by atoms with Crippen molar-refractivity contribution < 1.29 is 8.42 Å². The fraction of sp³-hybridized carbons (Fsp3) is 0.636. The summed E-state index contributed by atoms with van der Waals surface area (Å²) < 4.78 is 27.0. The molecule has 0 aliphatic heterocycles. The van der Waals surface area contributed by atoms with Gasteiger partial charge < -0.3 is 5.73 Å². The zero-order chi connectivity index (χ0) is 12.5.